The van der Waals surface area contributed by atoms with Crippen molar-refractivity contribution in [2.45, 2.75) is 25.4 Å². The van der Waals surface area contributed by atoms with Crippen molar-refractivity contribution in [3.63, 3.8) is 0 Å². The van der Waals surface area contributed by atoms with Crippen LogP contribution in [0.2, 0.25) is 5.02 Å². The van der Waals surface area contributed by atoms with Gasteiger partial charge in [0.05, 0.1) is 16.7 Å². The van der Waals surface area contributed by atoms with Crippen LogP contribution >= 0.6 is 27.5 Å². The Balaban J connectivity index is 1.95. The average molecular weight is 414 g/mol. The molecule has 0 saturated carbocycles. The van der Waals surface area contributed by atoms with Crippen molar-refractivity contribution in [2.75, 3.05) is 20.6 Å². The van der Waals surface area contributed by atoms with Crippen LogP contribution in [0.15, 0.2) is 41.1 Å². The smallest absolute Gasteiger partial charge is 0.222 e. The van der Waals surface area contributed by atoms with Crippen LogP contribution in [-0.2, 0) is 11.3 Å². The standard InChI is InChI=1S/C17H22BrClN4O/c1-22(2)9-7-16(13-3-5-15(19)6-4-13)21-17(24)8-10-23-12-14(18)11-20-23/h3-6,11-12,16H,7-10H2,1-2H3,(H,21,24). The summed E-state index contributed by atoms with van der Waals surface area (Å²) in [6.07, 6.45) is 4.80. The summed E-state index contributed by atoms with van der Waals surface area (Å²) in [6, 6.07) is 7.61. The van der Waals surface area contributed by atoms with E-state index >= 15 is 0 Å². The molecule has 0 aliphatic heterocycles. The third kappa shape index (κ3) is 6.26. The molecule has 1 unspecified atom stereocenters. The molecule has 0 fully saturated rings. The fourth-order valence-electron chi connectivity index (χ4n) is 2.35. The monoisotopic (exact) mass is 412 g/mol. The van der Waals surface area contributed by atoms with Crippen LogP contribution in [0, 0.1) is 0 Å². The molecule has 5 nitrogen and oxygen atoms in total. The number of aromatic nitrogens is 2. The number of nitrogens with zero attached hydrogens (tertiary/aromatic N) is 3. The Hall–Kier alpha value is -1.37. The molecule has 1 aromatic carbocycles. The fourth-order valence-corrected chi connectivity index (χ4v) is 2.80. The van der Waals surface area contributed by atoms with Crippen molar-refractivity contribution >= 4 is 33.4 Å². The van der Waals surface area contributed by atoms with E-state index in [0.29, 0.717) is 18.0 Å². The maximum atomic E-state index is 12.3. The highest BCUT2D eigenvalue weighted by molar-refractivity contribution is 9.10. The van der Waals surface area contributed by atoms with Crippen LogP contribution in [-0.4, -0.2) is 41.2 Å². The molecule has 1 heterocycles. The molecule has 0 bridgehead atoms. The second-order valence-electron chi connectivity index (χ2n) is 5.94. The van der Waals surface area contributed by atoms with Crippen molar-refractivity contribution in [2.24, 2.45) is 0 Å². The summed E-state index contributed by atoms with van der Waals surface area (Å²) in [4.78, 5) is 14.4. The molecule has 2 aromatic rings. The van der Waals surface area contributed by atoms with Crippen LogP contribution in [0.25, 0.3) is 0 Å². The Kier molecular flexibility index (Phi) is 7.27. The van der Waals surface area contributed by atoms with E-state index in [-0.39, 0.29) is 11.9 Å². The zero-order valence-electron chi connectivity index (χ0n) is 13.9. The summed E-state index contributed by atoms with van der Waals surface area (Å²) < 4.78 is 2.66. The minimum atomic E-state index is -0.0264. The molecule has 0 saturated heterocycles. The highest BCUT2D eigenvalue weighted by Gasteiger charge is 2.15. The van der Waals surface area contributed by atoms with Crippen LogP contribution in [0.4, 0.5) is 0 Å². The number of hydrogen-bond donors (Lipinski definition) is 1. The van der Waals surface area contributed by atoms with E-state index in [2.05, 4.69) is 31.2 Å². The van der Waals surface area contributed by atoms with Crippen molar-refractivity contribution in [3.05, 3.63) is 51.7 Å². The predicted octanol–water partition coefficient (Wildman–Crippen LogP) is 3.50. The van der Waals surface area contributed by atoms with Crippen LogP contribution < -0.4 is 5.32 Å². The first-order valence-electron chi connectivity index (χ1n) is 7.81. The second kappa shape index (κ2) is 9.20. The van der Waals surface area contributed by atoms with Gasteiger partial charge in [0, 0.05) is 24.2 Å². The molecular formula is C17H22BrClN4O. The predicted molar refractivity (Wildman–Crippen MR) is 100 cm³/mol. The lowest BCUT2D eigenvalue weighted by molar-refractivity contribution is -0.122. The van der Waals surface area contributed by atoms with E-state index in [1.165, 1.54) is 0 Å². The van der Waals surface area contributed by atoms with Gasteiger partial charge in [0.15, 0.2) is 0 Å². The van der Waals surface area contributed by atoms with E-state index in [0.717, 1.165) is 23.0 Å². The van der Waals surface area contributed by atoms with E-state index in [1.807, 2.05) is 44.6 Å². The van der Waals surface area contributed by atoms with Crippen molar-refractivity contribution in [3.8, 4) is 0 Å². The highest BCUT2D eigenvalue weighted by Crippen LogP contribution is 2.20. The maximum absolute atomic E-state index is 12.3. The minimum Gasteiger partial charge on any atom is -0.349 e. The minimum absolute atomic E-state index is 0.0142. The second-order valence-corrected chi connectivity index (χ2v) is 7.29. The molecule has 0 aliphatic rings. The van der Waals surface area contributed by atoms with Gasteiger partial charge in [-0.15, -0.1) is 0 Å². The van der Waals surface area contributed by atoms with E-state index in [4.69, 9.17) is 11.6 Å². The summed E-state index contributed by atoms with van der Waals surface area (Å²) in [6.45, 7) is 1.44. The van der Waals surface area contributed by atoms with Gasteiger partial charge in [0.2, 0.25) is 5.91 Å². The number of aryl methyl sites for hydroxylation is 1. The van der Waals surface area contributed by atoms with E-state index in [9.17, 15) is 4.79 Å². The molecule has 0 spiro atoms. The Bertz CT molecular complexity index is 657. The third-order valence-electron chi connectivity index (χ3n) is 3.64. The zero-order valence-corrected chi connectivity index (χ0v) is 16.2. The van der Waals surface area contributed by atoms with Gasteiger partial charge in [-0.3, -0.25) is 9.48 Å². The molecular weight excluding hydrogens is 392 g/mol. The number of benzene rings is 1. The van der Waals surface area contributed by atoms with Crippen molar-refractivity contribution < 1.29 is 4.79 Å². The normalized spacial score (nSPS) is 12.4. The largest absolute Gasteiger partial charge is 0.349 e. The Morgan fingerprint density at radius 3 is 2.67 bits per heavy atom. The molecule has 1 aromatic heterocycles. The first kappa shape index (κ1) is 19.0. The van der Waals surface area contributed by atoms with E-state index < -0.39 is 0 Å². The molecule has 7 heteroatoms. The maximum Gasteiger partial charge on any atom is 0.222 e. The van der Waals surface area contributed by atoms with Crippen molar-refractivity contribution in [1.29, 1.82) is 0 Å². The number of carbonyl (C=O) groups is 1. The summed E-state index contributed by atoms with van der Waals surface area (Å²) >= 11 is 9.31. The lowest BCUT2D eigenvalue weighted by Gasteiger charge is -2.21. The number of halogens is 2. The first-order chi connectivity index (χ1) is 11.4. The molecule has 1 N–H and O–H groups in total. The molecule has 0 radical (unpaired) electrons. The molecule has 1 atom stereocenters. The number of nitrogens with one attached hydrogen (secondary N) is 1. The lowest BCUT2D eigenvalue weighted by Crippen LogP contribution is -2.31. The van der Waals surface area contributed by atoms with Crippen LogP contribution in [0.1, 0.15) is 24.4 Å². The van der Waals surface area contributed by atoms with Gasteiger partial charge in [-0.05, 0) is 60.7 Å². The zero-order chi connectivity index (χ0) is 17.5. The fraction of sp³-hybridized carbons (Fsp3) is 0.412. The highest BCUT2D eigenvalue weighted by atomic mass is 79.9. The molecule has 1 amide bonds. The van der Waals surface area contributed by atoms with Gasteiger partial charge in [0.1, 0.15) is 0 Å². The van der Waals surface area contributed by atoms with E-state index in [1.54, 1.807) is 10.9 Å². The molecule has 0 aliphatic carbocycles. The van der Waals surface area contributed by atoms with Crippen LogP contribution in [0.3, 0.4) is 0 Å². The lowest BCUT2D eigenvalue weighted by atomic mass is 10.0. The van der Waals surface area contributed by atoms with Gasteiger partial charge < -0.3 is 10.2 Å². The SMILES string of the molecule is CN(C)CCC(NC(=O)CCn1cc(Br)cn1)c1ccc(Cl)cc1. The van der Waals surface area contributed by atoms with Gasteiger partial charge >= 0.3 is 0 Å². The van der Waals surface area contributed by atoms with Gasteiger partial charge in [0.25, 0.3) is 0 Å². The average Bonchev–Trinajstić information content (AvgIpc) is 2.96. The quantitative estimate of drug-likeness (QED) is 0.720. The number of hydrogen-bond acceptors (Lipinski definition) is 3. The number of amides is 1. The Morgan fingerprint density at radius 2 is 2.08 bits per heavy atom. The Morgan fingerprint density at radius 1 is 1.38 bits per heavy atom. The van der Waals surface area contributed by atoms with Crippen molar-refractivity contribution in [1.82, 2.24) is 20.0 Å². The number of rotatable bonds is 8. The first-order valence-corrected chi connectivity index (χ1v) is 8.98. The summed E-state index contributed by atoms with van der Waals surface area (Å²) in [5.74, 6) is 0.0142. The molecule has 24 heavy (non-hydrogen) atoms. The topological polar surface area (TPSA) is 50.2 Å². The molecule has 130 valence electrons. The molecule has 2 rings (SSSR count). The van der Waals surface area contributed by atoms with Gasteiger partial charge in [-0.25, -0.2) is 0 Å². The van der Waals surface area contributed by atoms with Gasteiger partial charge in [-0.1, -0.05) is 23.7 Å². The summed E-state index contributed by atoms with van der Waals surface area (Å²) in [7, 11) is 4.05. The Labute approximate surface area is 156 Å². The van der Waals surface area contributed by atoms with Crippen LogP contribution in [0.5, 0.6) is 0 Å². The third-order valence-corrected chi connectivity index (χ3v) is 4.30. The summed E-state index contributed by atoms with van der Waals surface area (Å²) in [5.41, 5.74) is 1.07. The number of carbonyl (C=O) groups excluding carboxylic acids is 1. The summed E-state index contributed by atoms with van der Waals surface area (Å²) in [5, 5.41) is 7.98. The van der Waals surface area contributed by atoms with Gasteiger partial charge in [-0.2, -0.15) is 5.10 Å².